The summed E-state index contributed by atoms with van der Waals surface area (Å²) in [5, 5.41) is 9.18. The van der Waals surface area contributed by atoms with Gasteiger partial charge >= 0.3 is 5.97 Å². The fourth-order valence-electron chi connectivity index (χ4n) is 2.09. The lowest BCUT2D eigenvalue weighted by atomic mass is 9.82. The van der Waals surface area contributed by atoms with Crippen LogP contribution in [0, 0.1) is 5.92 Å². The van der Waals surface area contributed by atoms with Gasteiger partial charge in [0.25, 0.3) is 0 Å². The highest BCUT2D eigenvalue weighted by Crippen LogP contribution is 2.40. The van der Waals surface area contributed by atoms with Crippen LogP contribution < -0.4 is 0 Å². The van der Waals surface area contributed by atoms with Crippen molar-refractivity contribution in [1.82, 2.24) is 4.90 Å². The first kappa shape index (κ1) is 9.52. The van der Waals surface area contributed by atoms with E-state index in [0.29, 0.717) is 6.42 Å². The lowest BCUT2D eigenvalue weighted by Gasteiger charge is -2.48. The molecule has 0 bridgehead atoms. The number of carboxylic acid groups (broad SMARTS) is 1. The van der Waals surface area contributed by atoms with Crippen LogP contribution >= 0.6 is 11.6 Å². The highest BCUT2D eigenvalue weighted by molar-refractivity contribution is 6.32. The number of carbonyl (C=O) groups excluding carboxylic acids is 1. The third kappa shape index (κ3) is 1.07. The standard InChI is InChI=1S/C9H10ClNO3/c1-4-6-3-2-5(10)7(9(13)14)11(6)8(4)12/h4,6H,2-3H2,1H3,(H,13,14)/t4-,6?/m0/s1. The van der Waals surface area contributed by atoms with E-state index in [9.17, 15) is 9.59 Å². The Hall–Kier alpha value is -1.03. The van der Waals surface area contributed by atoms with E-state index in [-0.39, 0.29) is 28.6 Å². The Kier molecular flexibility index (Phi) is 2.03. The van der Waals surface area contributed by atoms with Gasteiger partial charge in [0, 0.05) is 11.1 Å². The summed E-state index contributed by atoms with van der Waals surface area (Å²) < 4.78 is 0. The van der Waals surface area contributed by atoms with Gasteiger partial charge in [0.05, 0.1) is 5.92 Å². The number of rotatable bonds is 1. The highest BCUT2D eigenvalue weighted by atomic mass is 35.5. The number of aliphatic carboxylic acids is 1. The molecule has 0 aliphatic carbocycles. The zero-order valence-corrected chi connectivity index (χ0v) is 8.41. The van der Waals surface area contributed by atoms with Gasteiger partial charge in [-0.25, -0.2) is 4.79 Å². The molecule has 0 spiro atoms. The molecule has 0 radical (unpaired) electrons. The van der Waals surface area contributed by atoms with Gasteiger partial charge < -0.3 is 10.0 Å². The summed E-state index contributed by atoms with van der Waals surface area (Å²) in [6.07, 6.45) is 1.32. The van der Waals surface area contributed by atoms with E-state index in [1.807, 2.05) is 6.92 Å². The van der Waals surface area contributed by atoms with Crippen molar-refractivity contribution in [2.24, 2.45) is 5.92 Å². The maximum Gasteiger partial charge on any atom is 0.353 e. The van der Waals surface area contributed by atoms with E-state index >= 15 is 0 Å². The molecule has 2 atom stereocenters. The fourth-order valence-corrected chi connectivity index (χ4v) is 2.37. The fraction of sp³-hybridized carbons (Fsp3) is 0.556. The summed E-state index contributed by atoms with van der Waals surface area (Å²) >= 11 is 5.79. The predicted molar refractivity (Wildman–Crippen MR) is 49.5 cm³/mol. The number of fused-ring (bicyclic) bond motifs is 1. The first-order valence-corrected chi connectivity index (χ1v) is 4.87. The van der Waals surface area contributed by atoms with Crippen molar-refractivity contribution in [3.8, 4) is 0 Å². The van der Waals surface area contributed by atoms with Crippen molar-refractivity contribution in [2.45, 2.75) is 25.8 Å². The summed E-state index contributed by atoms with van der Waals surface area (Å²) in [6.45, 7) is 1.82. The molecule has 2 aliphatic rings. The Labute approximate surface area is 86.1 Å². The van der Waals surface area contributed by atoms with E-state index in [1.54, 1.807) is 0 Å². The third-order valence-electron chi connectivity index (χ3n) is 2.90. The van der Waals surface area contributed by atoms with Crippen molar-refractivity contribution in [3.05, 3.63) is 10.7 Å². The Morgan fingerprint density at radius 3 is 2.86 bits per heavy atom. The third-order valence-corrected chi connectivity index (χ3v) is 3.26. The minimum Gasteiger partial charge on any atom is -0.477 e. The molecule has 1 saturated heterocycles. The molecule has 1 fully saturated rings. The lowest BCUT2D eigenvalue weighted by molar-refractivity contribution is -0.157. The number of amides is 1. The monoisotopic (exact) mass is 215 g/mol. The van der Waals surface area contributed by atoms with Gasteiger partial charge in [-0.1, -0.05) is 18.5 Å². The number of allylic oxidation sites excluding steroid dienone is 1. The van der Waals surface area contributed by atoms with Crippen LogP contribution in [0.2, 0.25) is 0 Å². The molecule has 2 heterocycles. The molecule has 0 aromatic heterocycles. The topological polar surface area (TPSA) is 57.6 Å². The molecule has 5 heteroatoms. The summed E-state index contributed by atoms with van der Waals surface area (Å²) in [7, 11) is 0. The molecular weight excluding hydrogens is 206 g/mol. The largest absolute Gasteiger partial charge is 0.477 e. The van der Waals surface area contributed by atoms with Crippen LogP contribution in [0.25, 0.3) is 0 Å². The van der Waals surface area contributed by atoms with Crippen LogP contribution in [0.4, 0.5) is 0 Å². The van der Waals surface area contributed by atoms with Crippen LogP contribution in [0.3, 0.4) is 0 Å². The molecule has 14 heavy (non-hydrogen) atoms. The molecule has 76 valence electrons. The van der Waals surface area contributed by atoms with E-state index in [2.05, 4.69) is 0 Å². The minimum absolute atomic E-state index is 0.0222. The molecule has 0 aromatic rings. The summed E-state index contributed by atoms with van der Waals surface area (Å²) in [5.41, 5.74) is -0.0222. The van der Waals surface area contributed by atoms with Gasteiger partial charge in [0.1, 0.15) is 5.70 Å². The van der Waals surface area contributed by atoms with Crippen molar-refractivity contribution < 1.29 is 14.7 Å². The highest BCUT2D eigenvalue weighted by Gasteiger charge is 2.50. The van der Waals surface area contributed by atoms with Gasteiger partial charge in [-0.2, -0.15) is 0 Å². The molecule has 4 nitrogen and oxygen atoms in total. The zero-order valence-electron chi connectivity index (χ0n) is 7.66. The normalized spacial score (nSPS) is 31.3. The van der Waals surface area contributed by atoms with Gasteiger partial charge in [-0.05, 0) is 12.8 Å². The van der Waals surface area contributed by atoms with E-state index in [4.69, 9.17) is 16.7 Å². The molecule has 1 N–H and O–H groups in total. The van der Waals surface area contributed by atoms with Crippen molar-refractivity contribution in [3.63, 3.8) is 0 Å². The first-order chi connectivity index (χ1) is 6.54. The molecule has 1 amide bonds. The van der Waals surface area contributed by atoms with E-state index < -0.39 is 5.97 Å². The van der Waals surface area contributed by atoms with Gasteiger partial charge in [-0.15, -0.1) is 0 Å². The molecule has 1 unspecified atom stereocenters. The zero-order chi connectivity index (χ0) is 10.5. The molecule has 2 rings (SSSR count). The van der Waals surface area contributed by atoms with Crippen LogP contribution in [-0.4, -0.2) is 27.9 Å². The van der Waals surface area contributed by atoms with Crippen molar-refractivity contribution in [1.29, 1.82) is 0 Å². The molecule has 0 aromatic carbocycles. The number of carboxylic acids is 1. The second kappa shape index (κ2) is 2.98. The first-order valence-electron chi connectivity index (χ1n) is 4.49. The number of hydrogen-bond acceptors (Lipinski definition) is 2. The average molecular weight is 216 g/mol. The maximum absolute atomic E-state index is 11.4. The number of hydrogen-bond donors (Lipinski definition) is 1. The predicted octanol–water partition coefficient (Wildman–Crippen LogP) is 1.16. The molecule has 2 aliphatic heterocycles. The molecule has 0 saturated carbocycles. The van der Waals surface area contributed by atoms with E-state index in [1.165, 1.54) is 4.90 Å². The number of β-lactam (4-membered cyclic amide) rings is 1. The Morgan fingerprint density at radius 1 is 1.64 bits per heavy atom. The van der Waals surface area contributed by atoms with Crippen LogP contribution in [0.1, 0.15) is 19.8 Å². The summed E-state index contributed by atoms with van der Waals surface area (Å²) in [4.78, 5) is 23.6. The maximum atomic E-state index is 11.4. The molecular formula is C9H10ClNO3. The summed E-state index contributed by atoms with van der Waals surface area (Å²) in [6, 6.07) is 0.0381. The number of carbonyl (C=O) groups is 2. The quantitative estimate of drug-likeness (QED) is 0.668. The van der Waals surface area contributed by atoms with Gasteiger partial charge in [-0.3, -0.25) is 4.79 Å². The summed E-state index contributed by atoms with van der Waals surface area (Å²) in [5.74, 6) is -1.31. The lowest BCUT2D eigenvalue weighted by Crippen LogP contribution is -2.61. The van der Waals surface area contributed by atoms with Crippen LogP contribution in [0.15, 0.2) is 10.7 Å². The Balaban J connectivity index is 2.37. The van der Waals surface area contributed by atoms with Gasteiger partial charge in [0.2, 0.25) is 5.91 Å². The SMILES string of the molecule is C[C@@H]1C(=O)N2C(C(=O)O)=C(Cl)CCC12. The minimum atomic E-state index is -1.11. The van der Waals surface area contributed by atoms with Crippen molar-refractivity contribution >= 4 is 23.5 Å². The second-order valence-electron chi connectivity index (χ2n) is 3.66. The van der Waals surface area contributed by atoms with Crippen LogP contribution in [-0.2, 0) is 9.59 Å². The van der Waals surface area contributed by atoms with Gasteiger partial charge in [0.15, 0.2) is 0 Å². The smallest absolute Gasteiger partial charge is 0.353 e. The van der Waals surface area contributed by atoms with E-state index in [0.717, 1.165) is 6.42 Å². The average Bonchev–Trinajstić information content (AvgIpc) is 2.15. The number of halogens is 1. The van der Waals surface area contributed by atoms with Crippen LogP contribution in [0.5, 0.6) is 0 Å². The Morgan fingerprint density at radius 2 is 2.29 bits per heavy atom. The number of nitrogens with zero attached hydrogens (tertiary/aromatic N) is 1. The Bertz CT molecular complexity index is 350. The van der Waals surface area contributed by atoms with Crippen molar-refractivity contribution in [2.75, 3.05) is 0 Å². The second-order valence-corrected chi connectivity index (χ2v) is 4.12.